The van der Waals surface area contributed by atoms with Gasteiger partial charge in [0.15, 0.2) is 0 Å². The number of aryl methyl sites for hydroxylation is 2. The van der Waals surface area contributed by atoms with Gasteiger partial charge in [-0.2, -0.15) is 0 Å². The number of hydrogen-bond acceptors (Lipinski definition) is 3. The van der Waals surface area contributed by atoms with E-state index < -0.39 is 0 Å². The molecule has 0 unspecified atom stereocenters. The predicted octanol–water partition coefficient (Wildman–Crippen LogP) is 2.71. The molecule has 0 heterocycles. The van der Waals surface area contributed by atoms with Crippen molar-refractivity contribution in [3.05, 3.63) is 28.8 Å². The number of ether oxygens (including phenoxy) is 1. The second kappa shape index (κ2) is 6.40. The highest BCUT2D eigenvalue weighted by Crippen LogP contribution is 2.26. The Hall–Kier alpha value is -1.06. The van der Waals surface area contributed by atoms with Crippen molar-refractivity contribution in [1.82, 2.24) is 5.32 Å². The molecule has 1 saturated carbocycles. The molecule has 1 fully saturated rings. The van der Waals surface area contributed by atoms with Gasteiger partial charge < -0.3 is 15.2 Å². The third kappa shape index (κ3) is 3.71. The molecule has 1 aromatic rings. The van der Waals surface area contributed by atoms with Gasteiger partial charge in [-0.25, -0.2) is 0 Å². The molecule has 0 amide bonds. The van der Waals surface area contributed by atoms with Gasteiger partial charge in [0.2, 0.25) is 0 Å². The zero-order valence-electron chi connectivity index (χ0n) is 12.2. The fourth-order valence-corrected chi connectivity index (χ4v) is 3.00. The van der Waals surface area contributed by atoms with Gasteiger partial charge >= 0.3 is 0 Å². The van der Waals surface area contributed by atoms with Crippen LogP contribution >= 0.6 is 0 Å². The lowest BCUT2D eigenvalue weighted by molar-refractivity contribution is 0.116. The number of nitrogens with one attached hydrogen (secondary N) is 1. The number of rotatable bonds is 4. The first kappa shape index (κ1) is 14.4. The molecule has 3 heteroatoms. The largest absolute Gasteiger partial charge is 0.496 e. The molecule has 0 aliphatic heterocycles. The first-order valence-electron chi connectivity index (χ1n) is 7.15. The van der Waals surface area contributed by atoms with Crippen LogP contribution in [0.3, 0.4) is 0 Å². The van der Waals surface area contributed by atoms with Crippen LogP contribution in [0.15, 0.2) is 12.1 Å². The van der Waals surface area contributed by atoms with Gasteiger partial charge in [0.05, 0.1) is 13.2 Å². The monoisotopic (exact) mass is 263 g/mol. The third-order valence-corrected chi connectivity index (χ3v) is 3.98. The Morgan fingerprint density at radius 1 is 1.21 bits per heavy atom. The average molecular weight is 263 g/mol. The molecular weight excluding hydrogens is 238 g/mol. The standard InChI is InChI=1S/C16H25NO2/c1-11-8-12(2)16(19-3)13(9-11)10-17-14-4-6-15(18)7-5-14/h8-9,14-15,17-18H,4-7,10H2,1-3H3. The van der Waals surface area contributed by atoms with Crippen molar-refractivity contribution in [2.75, 3.05) is 7.11 Å². The number of methoxy groups -OCH3 is 1. The first-order valence-corrected chi connectivity index (χ1v) is 7.15. The summed E-state index contributed by atoms with van der Waals surface area (Å²) in [5.41, 5.74) is 3.69. The highest BCUT2D eigenvalue weighted by Gasteiger charge is 2.19. The zero-order chi connectivity index (χ0) is 13.8. The van der Waals surface area contributed by atoms with Crippen molar-refractivity contribution in [2.24, 2.45) is 0 Å². The molecule has 0 bridgehead atoms. The maximum Gasteiger partial charge on any atom is 0.126 e. The number of aliphatic hydroxyl groups is 1. The minimum Gasteiger partial charge on any atom is -0.496 e. The fraction of sp³-hybridized carbons (Fsp3) is 0.625. The number of aliphatic hydroxyl groups excluding tert-OH is 1. The van der Waals surface area contributed by atoms with Crippen molar-refractivity contribution in [3.8, 4) is 5.75 Å². The predicted molar refractivity (Wildman–Crippen MR) is 77.6 cm³/mol. The molecule has 19 heavy (non-hydrogen) atoms. The lowest BCUT2D eigenvalue weighted by Gasteiger charge is -2.26. The smallest absolute Gasteiger partial charge is 0.126 e. The number of benzene rings is 1. The lowest BCUT2D eigenvalue weighted by atomic mass is 9.93. The van der Waals surface area contributed by atoms with E-state index in [9.17, 15) is 5.11 Å². The maximum atomic E-state index is 9.52. The Balaban J connectivity index is 1.99. The van der Waals surface area contributed by atoms with Gasteiger partial charge in [0, 0.05) is 18.2 Å². The van der Waals surface area contributed by atoms with Crippen molar-refractivity contribution in [3.63, 3.8) is 0 Å². The minimum absolute atomic E-state index is 0.0891. The summed E-state index contributed by atoms with van der Waals surface area (Å²) in [6, 6.07) is 4.87. The van der Waals surface area contributed by atoms with Crippen molar-refractivity contribution >= 4 is 0 Å². The van der Waals surface area contributed by atoms with E-state index in [1.54, 1.807) is 7.11 Å². The molecule has 0 aromatic heterocycles. The Bertz CT molecular complexity index is 423. The van der Waals surface area contributed by atoms with Gasteiger partial charge in [-0.1, -0.05) is 17.7 Å². The highest BCUT2D eigenvalue weighted by atomic mass is 16.5. The fourth-order valence-electron chi connectivity index (χ4n) is 3.00. The molecule has 0 atom stereocenters. The third-order valence-electron chi connectivity index (χ3n) is 3.98. The van der Waals surface area contributed by atoms with E-state index >= 15 is 0 Å². The minimum atomic E-state index is -0.0891. The molecule has 2 N–H and O–H groups in total. The van der Waals surface area contributed by atoms with Crippen LogP contribution < -0.4 is 10.1 Å². The summed E-state index contributed by atoms with van der Waals surface area (Å²) in [6.45, 7) is 5.05. The summed E-state index contributed by atoms with van der Waals surface area (Å²) in [4.78, 5) is 0. The van der Waals surface area contributed by atoms with Crippen LogP contribution in [0, 0.1) is 13.8 Å². The normalized spacial score (nSPS) is 23.4. The van der Waals surface area contributed by atoms with Crippen LogP contribution in [0.4, 0.5) is 0 Å². The quantitative estimate of drug-likeness (QED) is 0.877. The van der Waals surface area contributed by atoms with Gasteiger partial charge in [0.25, 0.3) is 0 Å². The zero-order valence-corrected chi connectivity index (χ0v) is 12.2. The van der Waals surface area contributed by atoms with E-state index in [0.717, 1.165) is 38.0 Å². The highest BCUT2D eigenvalue weighted by molar-refractivity contribution is 5.43. The summed E-state index contributed by atoms with van der Waals surface area (Å²) in [7, 11) is 1.73. The van der Waals surface area contributed by atoms with Gasteiger partial charge in [0.1, 0.15) is 5.75 Å². The van der Waals surface area contributed by atoms with Crippen molar-refractivity contribution < 1.29 is 9.84 Å². The molecule has 1 aliphatic rings. The summed E-state index contributed by atoms with van der Waals surface area (Å²) in [5.74, 6) is 0.994. The second-order valence-electron chi connectivity index (χ2n) is 5.66. The van der Waals surface area contributed by atoms with Crippen LogP contribution in [0.25, 0.3) is 0 Å². The van der Waals surface area contributed by atoms with E-state index in [0.29, 0.717) is 6.04 Å². The average Bonchev–Trinajstić information content (AvgIpc) is 2.37. The SMILES string of the molecule is COc1c(C)cc(C)cc1CNC1CCC(O)CC1. The molecule has 0 saturated heterocycles. The Kier molecular flexibility index (Phi) is 4.83. The van der Waals surface area contributed by atoms with Crippen molar-refractivity contribution in [2.45, 2.75) is 58.2 Å². The topological polar surface area (TPSA) is 41.5 Å². The van der Waals surface area contributed by atoms with E-state index in [4.69, 9.17) is 4.74 Å². The molecule has 106 valence electrons. The summed E-state index contributed by atoms with van der Waals surface area (Å²) < 4.78 is 5.51. The van der Waals surface area contributed by atoms with Crippen LogP contribution in [-0.4, -0.2) is 24.4 Å². The molecular formula is C16H25NO2. The molecule has 3 nitrogen and oxygen atoms in total. The van der Waals surface area contributed by atoms with E-state index in [1.807, 2.05) is 0 Å². The summed E-state index contributed by atoms with van der Waals surface area (Å²) in [5, 5.41) is 13.1. The summed E-state index contributed by atoms with van der Waals surface area (Å²) >= 11 is 0. The Labute approximate surface area is 116 Å². The Morgan fingerprint density at radius 2 is 1.89 bits per heavy atom. The second-order valence-corrected chi connectivity index (χ2v) is 5.66. The number of hydrogen-bond donors (Lipinski definition) is 2. The first-order chi connectivity index (χ1) is 9.10. The van der Waals surface area contributed by atoms with Crippen LogP contribution in [0.5, 0.6) is 5.75 Å². The lowest BCUT2D eigenvalue weighted by Crippen LogP contribution is -2.34. The van der Waals surface area contributed by atoms with Crippen molar-refractivity contribution in [1.29, 1.82) is 0 Å². The Morgan fingerprint density at radius 3 is 2.53 bits per heavy atom. The van der Waals surface area contributed by atoms with Gasteiger partial charge in [-0.05, 0) is 45.1 Å². The van der Waals surface area contributed by atoms with Gasteiger partial charge in [-0.3, -0.25) is 0 Å². The van der Waals surface area contributed by atoms with E-state index in [-0.39, 0.29) is 6.10 Å². The van der Waals surface area contributed by atoms with Crippen LogP contribution in [-0.2, 0) is 6.54 Å². The molecule has 2 rings (SSSR count). The molecule has 0 radical (unpaired) electrons. The molecule has 1 aromatic carbocycles. The van der Waals surface area contributed by atoms with Crippen LogP contribution in [0.1, 0.15) is 42.4 Å². The molecule has 1 aliphatic carbocycles. The van der Waals surface area contributed by atoms with Crippen LogP contribution in [0.2, 0.25) is 0 Å². The van der Waals surface area contributed by atoms with E-state index in [1.165, 1.54) is 16.7 Å². The maximum absolute atomic E-state index is 9.52. The molecule has 0 spiro atoms. The summed E-state index contributed by atoms with van der Waals surface area (Å²) in [6.07, 6.45) is 3.88. The van der Waals surface area contributed by atoms with E-state index in [2.05, 4.69) is 31.3 Å². The van der Waals surface area contributed by atoms with Gasteiger partial charge in [-0.15, -0.1) is 0 Å².